The molecule has 10 atom stereocenters. The van der Waals surface area contributed by atoms with Crippen molar-refractivity contribution in [1.82, 2.24) is 5.32 Å². The monoisotopic (exact) mass is 545 g/mol. The molecule has 5 aliphatic rings. The predicted molar refractivity (Wildman–Crippen MR) is 152 cm³/mol. The molecular weight excluding hydrogens is 490 g/mol. The van der Waals surface area contributed by atoms with Gasteiger partial charge in [-0.05, 0) is 122 Å². The van der Waals surface area contributed by atoms with E-state index in [1.54, 1.807) is 0 Å². The topological polar surface area (TPSA) is 107 Å². The maximum atomic E-state index is 12.9. The Hall–Kier alpha value is -1.14. The minimum atomic E-state index is -0.757. The molecule has 222 valence electrons. The van der Waals surface area contributed by atoms with Crippen LogP contribution in [0.5, 0.6) is 0 Å². The molecule has 0 bridgehead atoms. The van der Waals surface area contributed by atoms with Crippen molar-refractivity contribution in [3.8, 4) is 0 Å². The standard InChI is InChI=1S/C33H55NO5/c1-21(7-10-28(37)34-20-33(19-29(38)39)13-5-4-6-14-33)24-8-9-25-30-26(12-16-32(24,25)3)31(2)15-11-23(35)17-22(31)18-27(30)36/h21-27,30,35-36H,4-20H2,1-3H3,(H,34,37)(H,38,39)/t21-,22?,23-,24-,25+,26+,27-,30+,31+,32-/m1/s1. The average Bonchev–Trinajstić information content (AvgIpc) is 3.24. The zero-order chi connectivity index (χ0) is 28.0. The van der Waals surface area contributed by atoms with Crippen LogP contribution in [-0.2, 0) is 9.59 Å². The lowest BCUT2D eigenvalue weighted by atomic mass is 9.43. The molecule has 5 aliphatic carbocycles. The number of aliphatic hydroxyl groups excluding tert-OH is 2. The normalized spacial score (nSPS) is 44.0. The number of hydrogen-bond acceptors (Lipinski definition) is 4. The van der Waals surface area contributed by atoms with E-state index < -0.39 is 5.97 Å². The van der Waals surface area contributed by atoms with Gasteiger partial charge in [0.15, 0.2) is 0 Å². The number of carboxylic acids is 1. The molecule has 0 aliphatic heterocycles. The number of rotatable bonds is 8. The summed E-state index contributed by atoms with van der Waals surface area (Å²) < 4.78 is 0. The lowest BCUT2D eigenvalue weighted by Crippen LogP contribution is -2.58. The van der Waals surface area contributed by atoms with Crippen LogP contribution in [0.1, 0.15) is 124 Å². The first-order chi connectivity index (χ1) is 18.5. The molecule has 6 heteroatoms. The van der Waals surface area contributed by atoms with Gasteiger partial charge in [0.05, 0.1) is 18.6 Å². The summed E-state index contributed by atoms with van der Waals surface area (Å²) in [7, 11) is 0. The Balaban J connectivity index is 1.18. The van der Waals surface area contributed by atoms with Crippen LogP contribution in [0.25, 0.3) is 0 Å². The van der Waals surface area contributed by atoms with Crippen molar-refractivity contribution in [2.75, 3.05) is 6.54 Å². The van der Waals surface area contributed by atoms with Gasteiger partial charge in [0, 0.05) is 13.0 Å². The smallest absolute Gasteiger partial charge is 0.303 e. The van der Waals surface area contributed by atoms with Crippen LogP contribution in [-0.4, -0.2) is 45.9 Å². The van der Waals surface area contributed by atoms with Crippen molar-refractivity contribution < 1.29 is 24.9 Å². The minimum Gasteiger partial charge on any atom is -0.481 e. The van der Waals surface area contributed by atoms with E-state index >= 15 is 0 Å². The molecule has 0 saturated heterocycles. The molecular formula is C33H55NO5. The van der Waals surface area contributed by atoms with Gasteiger partial charge in [-0.15, -0.1) is 0 Å². The summed E-state index contributed by atoms with van der Waals surface area (Å²) in [6, 6.07) is 0. The third-order valence-corrected chi connectivity index (χ3v) is 13.3. The summed E-state index contributed by atoms with van der Waals surface area (Å²) in [5, 5.41) is 34.4. The predicted octanol–water partition coefficient (Wildman–Crippen LogP) is 5.93. The maximum absolute atomic E-state index is 12.9. The summed E-state index contributed by atoms with van der Waals surface area (Å²) in [6.45, 7) is 7.79. The zero-order valence-electron chi connectivity index (χ0n) is 24.8. The molecule has 0 aromatic rings. The second-order valence-electron chi connectivity index (χ2n) is 15.4. The third-order valence-electron chi connectivity index (χ3n) is 13.3. The highest BCUT2D eigenvalue weighted by atomic mass is 16.4. The summed E-state index contributed by atoms with van der Waals surface area (Å²) in [5.74, 6) is 2.29. The third kappa shape index (κ3) is 5.55. The molecule has 4 N–H and O–H groups in total. The van der Waals surface area contributed by atoms with E-state index in [0.717, 1.165) is 64.2 Å². The molecule has 0 radical (unpaired) electrons. The second kappa shape index (κ2) is 11.3. The number of carboxylic acid groups (broad SMARTS) is 1. The number of carbonyl (C=O) groups excluding carboxylic acids is 1. The van der Waals surface area contributed by atoms with Gasteiger partial charge in [0.25, 0.3) is 0 Å². The summed E-state index contributed by atoms with van der Waals surface area (Å²) >= 11 is 0. The molecule has 0 aromatic heterocycles. The number of carbonyl (C=O) groups is 2. The van der Waals surface area contributed by atoms with Gasteiger partial charge in [-0.2, -0.15) is 0 Å². The first-order valence-electron chi connectivity index (χ1n) is 16.3. The van der Waals surface area contributed by atoms with E-state index in [1.807, 2.05) is 0 Å². The van der Waals surface area contributed by atoms with Crippen molar-refractivity contribution in [1.29, 1.82) is 0 Å². The van der Waals surface area contributed by atoms with Crippen LogP contribution >= 0.6 is 0 Å². The van der Waals surface area contributed by atoms with Crippen molar-refractivity contribution >= 4 is 11.9 Å². The average molecular weight is 546 g/mol. The van der Waals surface area contributed by atoms with Crippen LogP contribution in [0.2, 0.25) is 0 Å². The van der Waals surface area contributed by atoms with Crippen molar-refractivity contribution in [3.05, 3.63) is 0 Å². The lowest BCUT2D eigenvalue weighted by Gasteiger charge is -2.62. The Kier molecular flexibility index (Phi) is 8.48. The van der Waals surface area contributed by atoms with Gasteiger partial charge in [0.1, 0.15) is 0 Å². The van der Waals surface area contributed by atoms with E-state index in [9.17, 15) is 24.9 Å². The molecule has 5 fully saturated rings. The first-order valence-corrected chi connectivity index (χ1v) is 16.3. The van der Waals surface area contributed by atoms with Crippen LogP contribution in [0.3, 0.4) is 0 Å². The Bertz CT molecular complexity index is 901. The van der Waals surface area contributed by atoms with Crippen LogP contribution in [0.4, 0.5) is 0 Å². The fraction of sp³-hybridized carbons (Fsp3) is 0.939. The van der Waals surface area contributed by atoms with Gasteiger partial charge >= 0.3 is 5.97 Å². The van der Waals surface area contributed by atoms with Gasteiger partial charge in [-0.25, -0.2) is 0 Å². The molecule has 5 saturated carbocycles. The molecule has 1 amide bonds. The summed E-state index contributed by atoms with van der Waals surface area (Å²) in [4.78, 5) is 24.4. The SMILES string of the molecule is C[C@H](CCC(=O)NCC1(CC(=O)O)CCCCC1)[C@H]1CC[C@H]2[C@@H]3[C@H](O)CC4C[C@H](O)CC[C@]4(C)[C@H]3CC[C@]12C. The molecule has 0 aromatic carbocycles. The summed E-state index contributed by atoms with van der Waals surface area (Å²) in [6.07, 6.45) is 14.7. The fourth-order valence-corrected chi connectivity index (χ4v) is 11.1. The van der Waals surface area contributed by atoms with E-state index in [4.69, 9.17) is 0 Å². The number of hydrogen-bond donors (Lipinski definition) is 4. The van der Waals surface area contributed by atoms with E-state index in [0.29, 0.717) is 48.5 Å². The lowest BCUT2D eigenvalue weighted by molar-refractivity contribution is -0.174. The molecule has 0 spiro atoms. The second-order valence-corrected chi connectivity index (χ2v) is 15.4. The number of nitrogens with one attached hydrogen (secondary N) is 1. The molecule has 39 heavy (non-hydrogen) atoms. The summed E-state index contributed by atoms with van der Waals surface area (Å²) in [5.41, 5.74) is 0.203. The Morgan fingerprint density at radius 2 is 1.59 bits per heavy atom. The minimum absolute atomic E-state index is 0.0711. The largest absolute Gasteiger partial charge is 0.481 e. The first kappa shape index (κ1) is 29.4. The fourth-order valence-electron chi connectivity index (χ4n) is 11.1. The van der Waals surface area contributed by atoms with Gasteiger partial charge in [-0.3, -0.25) is 9.59 Å². The Morgan fingerprint density at radius 1 is 0.897 bits per heavy atom. The molecule has 0 heterocycles. The number of aliphatic carboxylic acids is 1. The highest BCUT2D eigenvalue weighted by molar-refractivity contribution is 5.76. The van der Waals surface area contributed by atoms with Gasteiger partial charge < -0.3 is 20.6 Å². The van der Waals surface area contributed by atoms with Crippen LogP contribution < -0.4 is 5.32 Å². The van der Waals surface area contributed by atoms with Crippen LogP contribution in [0, 0.1) is 51.8 Å². The maximum Gasteiger partial charge on any atom is 0.303 e. The quantitative estimate of drug-likeness (QED) is 0.302. The van der Waals surface area contributed by atoms with E-state index in [-0.39, 0.29) is 40.8 Å². The number of fused-ring (bicyclic) bond motifs is 5. The highest BCUT2D eigenvalue weighted by Gasteiger charge is 2.62. The Labute approximate surface area is 236 Å². The van der Waals surface area contributed by atoms with Crippen molar-refractivity contribution in [3.63, 3.8) is 0 Å². The van der Waals surface area contributed by atoms with Gasteiger partial charge in [0.2, 0.25) is 5.91 Å². The molecule has 1 unspecified atom stereocenters. The zero-order valence-corrected chi connectivity index (χ0v) is 24.8. The number of aliphatic hydroxyl groups is 2. The number of amides is 1. The molecule has 5 rings (SSSR count). The van der Waals surface area contributed by atoms with E-state index in [2.05, 4.69) is 26.1 Å². The van der Waals surface area contributed by atoms with Crippen LogP contribution in [0.15, 0.2) is 0 Å². The molecule has 6 nitrogen and oxygen atoms in total. The van der Waals surface area contributed by atoms with Gasteiger partial charge in [-0.1, -0.05) is 40.0 Å². The van der Waals surface area contributed by atoms with Crippen molar-refractivity contribution in [2.24, 2.45) is 51.8 Å². The van der Waals surface area contributed by atoms with Crippen molar-refractivity contribution in [2.45, 2.75) is 136 Å². The highest BCUT2D eigenvalue weighted by Crippen LogP contribution is 2.68. The van der Waals surface area contributed by atoms with E-state index in [1.165, 1.54) is 25.7 Å². The Morgan fingerprint density at radius 3 is 2.31 bits per heavy atom.